The second kappa shape index (κ2) is 5.02. The lowest BCUT2D eigenvalue weighted by molar-refractivity contribution is 0.0453. The van der Waals surface area contributed by atoms with Crippen LogP contribution in [0, 0.1) is 5.92 Å². The molecule has 0 aliphatic heterocycles. The normalized spacial score (nSPS) is 32.3. The van der Waals surface area contributed by atoms with Crippen molar-refractivity contribution in [1.82, 2.24) is 4.72 Å². The fraction of sp³-hybridized carbons (Fsp3) is 1.00. The number of aliphatic hydroxyl groups is 1. The van der Waals surface area contributed by atoms with Gasteiger partial charge in [-0.25, -0.2) is 13.1 Å². The number of sulfonamides is 1. The Morgan fingerprint density at radius 1 is 1.12 bits per heavy atom. The second-order valence-corrected chi connectivity index (χ2v) is 7.19. The molecule has 0 spiro atoms. The lowest BCUT2D eigenvalue weighted by Gasteiger charge is -2.32. The Bertz CT molecular complexity index is 316. The van der Waals surface area contributed by atoms with E-state index in [1.54, 1.807) is 0 Å². The van der Waals surface area contributed by atoms with E-state index in [4.69, 9.17) is 5.11 Å². The molecule has 94 valence electrons. The third kappa shape index (κ3) is 2.96. The number of aliphatic hydroxyl groups excluding tert-OH is 1. The minimum Gasteiger partial charge on any atom is -0.393 e. The Morgan fingerprint density at radius 2 is 1.75 bits per heavy atom. The molecule has 0 aromatic carbocycles. The van der Waals surface area contributed by atoms with Crippen molar-refractivity contribution in [1.29, 1.82) is 0 Å². The summed E-state index contributed by atoms with van der Waals surface area (Å²) in [6, 6.07) is 0. The summed E-state index contributed by atoms with van der Waals surface area (Å²) in [7, 11) is -3.10. The van der Waals surface area contributed by atoms with Crippen LogP contribution < -0.4 is 4.72 Å². The van der Waals surface area contributed by atoms with Gasteiger partial charge in [0.1, 0.15) is 0 Å². The fourth-order valence-corrected chi connectivity index (χ4v) is 4.25. The van der Waals surface area contributed by atoms with Gasteiger partial charge in [0.2, 0.25) is 10.0 Å². The molecule has 0 heterocycles. The van der Waals surface area contributed by atoms with Crippen LogP contribution in [0.4, 0.5) is 0 Å². The van der Waals surface area contributed by atoms with Crippen LogP contribution in [0.15, 0.2) is 0 Å². The largest absolute Gasteiger partial charge is 0.393 e. The fourth-order valence-electron chi connectivity index (χ4n) is 2.59. The van der Waals surface area contributed by atoms with Gasteiger partial charge in [-0.05, 0) is 31.6 Å². The lowest BCUT2D eigenvalue weighted by Crippen LogP contribution is -2.42. The maximum Gasteiger partial charge on any atom is 0.214 e. The summed E-state index contributed by atoms with van der Waals surface area (Å²) >= 11 is 0. The third-order valence-electron chi connectivity index (χ3n) is 3.78. The second-order valence-electron chi connectivity index (χ2n) is 5.14. The monoisotopic (exact) mass is 247 g/mol. The van der Waals surface area contributed by atoms with Crippen LogP contribution in [0.2, 0.25) is 0 Å². The average molecular weight is 247 g/mol. The molecular formula is C11H21NO3S. The molecule has 0 aromatic heterocycles. The van der Waals surface area contributed by atoms with E-state index in [2.05, 4.69) is 4.72 Å². The standard InChI is InChI=1S/C11H21NO3S/c13-10-6-9(7-10)8-12-16(14,15)11-4-2-1-3-5-11/h9-13H,1-8H2. The molecule has 2 N–H and O–H groups in total. The van der Waals surface area contributed by atoms with Crippen LogP contribution in [0.1, 0.15) is 44.9 Å². The quantitative estimate of drug-likeness (QED) is 0.779. The van der Waals surface area contributed by atoms with Gasteiger partial charge in [-0.2, -0.15) is 0 Å². The topological polar surface area (TPSA) is 66.4 Å². The van der Waals surface area contributed by atoms with Gasteiger partial charge in [-0.3, -0.25) is 0 Å². The molecule has 0 bridgehead atoms. The summed E-state index contributed by atoms with van der Waals surface area (Å²) in [5.74, 6) is 0.341. The van der Waals surface area contributed by atoms with Crippen LogP contribution in [0.25, 0.3) is 0 Å². The van der Waals surface area contributed by atoms with Gasteiger partial charge in [0.25, 0.3) is 0 Å². The van der Waals surface area contributed by atoms with Crippen molar-refractivity contribution < 1.29 is 13.5 Å². The summed E-state index contributed by atoms with van der Waals surface area (Å²) in [6.45, 7) is 0.510. The molecule has 0 amide bonds. The van der Waals surface area contributed by atoms with Crippen molar-refractivity contribution in [3.8, 4) is 0 Å². The molecular weight excluding hydrogens is 226 g/mol. The zero-order chi connectivity index (χ0) is 11.6. The van der Waals surface area contributed by atoms with Crippen LogP contribution in [-0.4, -0.2) is 31.4 Å². The van der Waals surface area contributed by atoms with Crippen molar-refractivity contribution in [2.75, 3.05) is 6.54 Å². The highest BCUT2D eigenvalue weighted by Gasteiger charge is 2.31. The van der Waals surface area contributed by atoms with E-state index in [0.29, 0.717) is 12.5 Å². The van der Waals surface area contributed by atoms with Gasteiger partial charge in [-0.1, -0.05) is 19.3 Å². The van der Waals surface area contributed by atoms with E-state index < -0.39 is 10.0 Å². The van der Waals surface area contributed by atoms with Gasteiger partial charge in [-0.15, -0.1) is 0 Å². The van der Waals surface area contributed by atoms with E-state index in [0.717, 1.165) is 38.5 Å². The highest BCUT2D eigenvalue weighted by molar-refractivity contribution is 7.90. The van der Waals surface area contributed by atoms with Gasteiger partial charge in [0, 0.05) is 6.54 Å². The molecule has 0 saturated heterocycles. The average Bonchev–Trinajstić information content (AvgIpc) is 2.24. The van der Waals surface area contributed by atoms with Crippen LogP contribution in [0.5, 0.6) is 0 Å². The molecule has 2 saturated carbocycles. The van der Waals surface area contributed by atoms with Crippen molar-refractivity contribution in [3.05, 3.63) is 0 Å². The minimum atomic E-state index is -3.10. The van der Waals surface area contributed by atoms with Gasteiger partial charge in [0.05, 0.1) is 11.4 Å². The summed E-state index contributed by atoms with van der Waals surface area (Å²) in [6.07, 6.45) is 6.14. The van der Waals surface area contributed by atoms with Crippen LogP contribution in [0.3, 0.4) is 0 Å². The van der Waals surface area contributed by atoms with Crippen molar-refractivity contribution in [2.45, 2.75) is 56.3 Å². The summed E-state index contributed by atoms with van der Waals surface area (Å²) in [5.41, 5.74) is 0. The van der Waals surface area contributed by atoms with E-state index in [-0.39, 0.29) is 11.4 Å². The number of hydrogen-bond donors (Lipinski definition) is 2. The minimum absolute atomic E-state index is 0.175. The van der Waals surface area contributed by atoms with Gasteiger partial charge in [0.15, 0.2) is 0 Å². The summed E-state index contributed by atoms with van der Waals surface area (Å²) in [4.78, 5) is 0. The van der Waals surface area contributed by atoms with Crippen molar-refractivity contribution in [2.24, 2.45) is 5.92 Å². The smallest absolute Gasteiger partial charge is 0.214 e. The van der Waals surface area contributed by atoms with Crippen molar-refractivity contribution >= 4 is 10.0 Å². The molecule has 0 atom stereocenters. The molecule has 2 aliphatic rings. The molecule has 2 rings (SSSR count). The van der Waals surface area contributed by atoms with Crippen LogP contribution >= 0.6 is 0 Å². The molecule has 2 fully saturated rings. The molecule has 0 aromatic rings. The lowest BCUT2D eigenvalue weighted by atomic mass is 9.83. The van der Waals surface area contributed by atoms with E-state index in [1.807, 2.05) is 0 Å². The number of nitrogens with one attached hydrogen (secondary N) is 1. The Labute approximate surface area is 97.5 Å². The third-order valence-corrected chi connectivity index (χ3v) is 5.69. The van der Waals surface area contributed by atoms with Gasteiger partial charge < -0.3 is 5.11 Å². The highest BCUT2D eigenvalue weighted by atomic mass is 32.2. The maximum absolute atomic E-state index is 11.9. The molecule has 0 unspecified atom stereocenters. The first kappa shape index (κ1) is 12.3. The first-order valence-corrected chi connectivity index (χ1v) is 7.79. The maximum atomic E-state index is 11.9. The SMILES string of the molecule is O=S(=O)(NCC1CC(O)C1)C1CCCCC1. The molecule has 4 nitrogen and oxygen atoms in total. The number of rotatable bonds is 4. The zero-order valence-electron chi connectivity index (χ0n) is 9.56. The van der Waals surface area contributed by atoms with Gasteiger partial charge >= 0.3 is 0 Å². The number of hydrogen-bond acceptors (Lipinski definition) is 3. The van der Waals surface area contributed by atoms with Crippen molar-refractivity contribution in [3.63, 3.8) is 0 Å². The Balaban J connectivity index is 1.78. The molecule has 16 heavy (non-hydrogen) atoms. The molecule has 2 aliphatic carbocycles. The van der Waals surface area contributed by atoms with E-state index in [1.165, 1.54) is 6.42 Å². The highest BCUT2D eigenvalue weighted by Crippen LogP contribution is 2.27. The van der Waals surface area contributed by atoms with E-state index >= 15 is 0 Å². The van der Waals surface area contributed by atoms with Crippen LogP contribution in [-0.2, 0) is 10.0 Å². The zero-order valence-corrected chi connectivity index (χ0v) is 10.4. The Morgan fingerprint density at radius 3 is 2.31 bits per heavy atom. The predicted octanol–water partition coefficient (Wildman–Crippen LogP) is 1.01. The molecule has 5 heteroatoms. The Hall–Kier alpha value is -0.130. The first-order chi connectivity index (χ1) is 7.58. The first-order valence-electron chi connectivity index (χ1n) is 6.24. The Kier molecular flexibility index (Phi) is 3.87. The molecule has 0 radical (unpaired) electrons. The summed E-state index contributed by atoms with van der Waals surface area (Å²) < 4.78 is 26.6. The predicted molar refractivity (Wildman–Crippen MR) is 62.5 cm³/mol. The summed E-state index contributed by atoms with van der Waals surface area (Å²) in [5, 5.41) is 8.94. The van der Waals surface area contributed by atoms with E-state index in [9.17, 15) is 8.42 Å².